The molecule has 0 aliphatic rings. The fourth-order valence-electron chi connectivity index (χ4n) is 3.90. The van der Waals surface area contributed by atoms with E-state index in [4.69, 9.17) is 4.74 Å². The third-order valence-corrected chi connectivity index (χ3v) is 6.71. The lowest BCUT2D eigenvalue weighted by Gasteiger charge is -2.16. The first-order chi connectivity index (χ1) is 15.2. The molecule has 166 valence electrons. The Morgan fingerprint density at radius 2 is 1.75 bits per heavy atom. The molecule has 0 aliphatic heterocycles. The van der Waals surface area contributed by atoms with E-state index >= 15 is 0 Å². The van der Waals surface area contributed by atoms with Crippen LogP contribution in [-0.2, 0) is 35.1 Å². The number of aromatic nitrogens is 3. The monoisotopic (exact) mass is 451 g/mol. The molecular formula is C24H25N3O4S. The number of hydrogen-bond donors (Lipinski definition) is 0. The van der Waals surface area contributed by atoms with Crippen molar-refractivity contribution >= 4 is 20.6 Å². The summed E-state index contributed by atoms with van der Waals surface area (Å²) in [5, 5.41) is 5.57. The summed E-state index contributed by atoms with van der Waals surface area (Å²) in [7, 11) is 1.79. The van der Waals surface area contributed by atoms with Crippen molar-refractivity contribution in [2.75, 3.05) is 20.0 Å². The van der Waals surface area contributed by atoms with E-state index in [2.05, 4.69) is 5.10 Å². The number of hydrogen-bond acceptors (Lipinski definition) is 5. The minimum Gasteiger partial charge on any atom is -0.384 e. The standard InChI is InChI=1S/C24H25N3O4S/c1-26-15-23(21-12-19(32(4,29)30)7-5-16(21)9-10-31-3)22-11-17(6-8-20(22)24(26)28)18-13-25-27(2)14-18/h5-8,11-15H,9-10H2,1-4H3. The van der Waals surface area contributed by atoms with Crippen molar-refractivity contribution in [3.05, 3.63) is 70.9 Å². The van der Waals surface area contributed by atoms with Gasteiger partial charge in [0.2, 0.25) is 0 Å². The van der Waals surface area contributed by atoms with Gasteiger partial charge < -0.3 is 9.30 Å². The number of ether oxygens (including phenoxy) is 1. The molecule has 0 saturated heterocycles. The highest BCUT2D eigenvalue weighted by molar-refractivity contribution is 7.90. The average molecular weight is 452 g/mol. The predicted octanol–water partition coefficient (Wildman–Crippen LogP) is 3.20. The summed E-state index contributed by atoms with van der Waals surface area (Å²) >= 11 is 0. The Kier molecular flexibility index (Phi) is 5.75. The normalized spacial score (nSPS) is 11.9. The highest BCUT2D eigenvalue weighted by Gasteiger charge is 2.17. The fraction of sp³-hybridized carbons (Fsp3) is 0.250. The van der Waals surface area contributed by atoms with Crippen molar-refractivity contribution < 1.29 is 13.2 Å². The second-order valence-corrected chi connectivity index (χ2v) is 9.97. The number of benzene rings is 2. The minimum absolute atomic E-state index is 0.112. The van der Waals surface area contributed by atoms with E-state index in [1.807, 2.05) is 37.5 Å². The van der Waals surface area contributed by atoms with E-state index in [1.165, 1.54) is 10.8 Å². The van der Waals surface area contributed by atoms with Crippen molar-refractivity contribution in [2.24, 2.45) is 14.1 Å². The van der Waals surface area contributed by atoms with Crippen molar-refractivity contribution in [2.45, 2.75) is 11.3 Å². The zero-order valence-corrected chi connectivity index (χ0v) is 19.3. The number of methoxy groups -OCH3 is 1. The molecule has 2 aromatic carbocycles. The van der Waals surface area contributed by atoms with E-state index in [0.29, 0.717) is 18.4 Å². The van der Waals surface area contributed by atoms with Crippen LogP contribution in [0.25, 0.3) is 33.0 Å². The Morgan fingerprint density at radius 1 is 0.969 bits per heavy atom. The highest BCUT2D eigenvalue weighted by atomic mass is 32.2. The van der Waals surface area contributed by atoms with E-state index in [-0.39, 0.29) is 10.5 Å². The lowest BCUT2D eigenvalue weighted by molar-refractivity contribution is 0.202. The van der Waals surface area contributed by atoms with Crippen LogP contribution in [0.1, 0.15) is 5.56 Å². The zero-order valence-electron chi connectivity index (χ0n) is 18.5. The van der Waals surface area contributed by atoms with E-state index in [9.17, 15) is 13.2 Å². The number of nitrogens with zero attached hydrogens (tertiary/aromatic N) is 3. The van der Waals surface area contributed by atoms with Gasteiger partial charge in [-0.05, 0) is 52.8 Å². The largest absolute Gasteiger partial charge is 0.384 e. The summed E-state index contributed by atoms with van der Waals surface area (Å²) < 4.78 is 33.1. The van der Waals surface area contributed by atoms with Crippen LogP contribution in [0.3, 0.4) is 0 Å². The first-order valence-corrected chi connectivity index (χ1v) is 12.0. The number of pyridine rings is 1. The maximum atomic E-state index is 12.9. The van der Waals surface area contributed by atoms with Crippen LogP contribution in [0.15, 0.2) is 64.7 Å². The van der Waals surface area contributed by atoms with Gasteiger partial charge in [0.1, 0.15) is 0 Å². The molecule has 0 radical (unpaired) electrons. The van der Waals surface area contributed by atoms with Crippen LogP contribution in [-0.4, -0.2) is 42.7 Å². The van der Waals surface area contributed by atoms with Crippen molar-refractivity contribution in [1.82, 2.24) is 14.3 Å². The van der Waals surface area contributed by atoms with Crippen LogP contribution in [0.4, 0.5) is 0 Å². The third kappa shape index (κ3) is 4.11. The van der Waals surface area contributed by atoms with Crippen LogP contribution >= 0.6 is 0 Å². The molecule has 32 heavy (non-hydrogen) atoms. The molecule has 0 bridgehead atoms. The molecule has 8 heteroatoms. The smallest absolute Gasteiger partial charge is 0.258 e. The van der Waals surface area contributed by atoms with Crippen LogP contribution in [0, 0.1) is 0 Å². The van der Waals surface area contributed by atoms with Crippen molar-refractivity contribution in [1.29, 1.82) is 0 Å². The first kappa shape index (κ1) is 22.0. The molecule has 0 fully saturated rings. The Bertz CT molecular complexity index is 1480. The van der Waals surface area contributed by atoms with Gasteiger partial charge in [-0.2, -0.15) is 5.10 Å². The minimum atomic E-state index is -3.40. The van der Waals surface area contributed by atoms with Gasteiger partial charge in [0.05, 0.1) is 17.7 Å². The SMILES string of the molecule is COCCc1ccc(S(C)(=O)=O)cc1-c1cn(C)c(=O)c2ccc(-c3cnn(C)c3)cc12. The Labute approximate surface area is 186 Å². The summed E-state index contributed by atoms with van der Waals surface area (Å²) in [5.41, 5.74) is 4.27. The molecule has 0 spiro atoms. The first-order valence-electron chi connectivity index (χ1n) is 10.1. The summed E-state index contributed by atoms with van der Waals surface area (Å²) in [6.45, 7) is 0.496. The van der Waals surface area contributed by atoms with E-state index in [0.717, 1.165) is 33.2 Å². The quantitative estimate of drug-likeness (QED) is 0.450. The van der Waals surface area contributed by atoms with Gasteiger partial charge in [0.25, 0.3) is 5.56 Å². The molecule has 7 nitrogen and oxygen atoms in total. The highest BCUT2D eigenvalue weighted by Crippen LogP contribution is 2.34. The molecule has 0 aliphatic carbocycles. The number of fused-ring (bicyclic) bond motifs is 1. The Morgan fingerprint density at radius 3 is 2.41 bits per heavy atom. The third-order valence-electron chi connectivity index (χ3n) is 5.60. The van der Waals surface area contributed by atoms with Gasteiger partial charge in [0.15, 0.2) is 9.84 Å². The number of rotatable bonds is 6. The van der Waals surface area contributed by atoms with Crippen LogP contribution in [0.5, 0.6) is 0 Å². The number of sulfone groups is 1. The molecule has 2 aromatic heterocycles. The molecule has 2 heterocycles. The van der Waals surface area contributed by atoms with Gasteiger partial charge in [-0.25, -0.2) is 8.42 Å². The predicted molar refractivity (Wildman–Crippen MR) is 126 cm³/mol. The molecular weight excluding hydrogens is 426 g/mol. The molecule has 0 atom stereocenters. The van der Waals surface area contributed by atoms with E-state index in [1.54, 1.807) is 43.4 Å². The molecule has 0 amide bonds. The number of aryl methyl sites for hydroxylation is 2. The lowest BCUT2D eigenvalue weighted by Crippen LogP contribution is -2.17. The topological polar surface area (TPSA) is 83.2 Å². The molecule has 0 N–H and O–H groups in total. The molecule has 0 saturated carbocycles. The summed E-state index contributed by atoms with van der Waals surface area (Å²) in [4.78, 5) is 13.1. The Hall–Kier alpha value is -3.23. The summed E-state index contributed by atoms with van der Waals surface area (Å²) in [6, 6.07) is 10.8. The van der Waals surface area contributed by atoms with Crippen LogP contribution < -0.4 is 5.56 Å². The van der Waals surface area contributed by atoms with Crippen molar-refractivity contribution in [3.63, 3.8) is 0 Å². The molecule has 4 aromatic rings. The second kappa shape index (κ2) is 8.37. The lowest BCUT2D eigenvalue weighted by atomic mass is 9.93. The van der Waals surface area contributed by atoms with Gasteiger partial charge in [-0.15, -0.1) is 0 Å². The van der Waals surface area contributed by atoms with Gasteiger partial charge in [-0.1, -0.05) is 12.1 Å². The van der Waals surface area contributed by atoms with E-state index < -0.39 is 9.84 Å². The van der Waals surface area contributed by atoms with Crippen molar-refractivity contribution in [3.8, 4) is 22.3 Å². The molecule has 0 unspecified atom stereocenters. The Balaban J connectivity index is 2.05. The zero-order chi connectivity index (χ0) is 23.0. The second-order valence-electron chi connectivity index (χ2n) is 7.96. The van der Waals surface area contributed by atoms with Gasteiger partial charge in [-0.3, -0.25) is 9.48 Å². The molecule has 4 rings (SSSR count). The summed E-state index contributed by atoms with van der Waals surface area (Å²) in [6.07, 6.45) is 7.27. The van der Waals surface area contributed by atoms with Gasteiger partial charge >= 0.3 is 0 Å². The summed E-state index contributed by atoms with van der Waals surface area (Å²) in [5.74, 6) is 0. The van der Waals surface area contributed by atoms with Crippen LogP contribution in [0.2, 0.25) is 0 Å². The fourth-order valence-corrected chi connectivity index (χ4v) is 4.54. The maximum absolute atomic E-state index is 12.9. The average Bonchev–Trinajstić information content (AvgIpc) is 3.20. The maximum Gasteiger partial charge on any atom is 0.258 e. The van der Waals surface area contributed by atoms with Gasteiger partial charge in [0, 0.05) is 56.4 Å².